The molecule has 0 aliphatic carbocycles. The number of anilines is 1. The van der Waals surface area contributed by atoms with Crippen LogP contribution in [0, 0.1) is 19.8 Å². The van der Waals surface area contributed by atoms with Crippen LogP contribution in [0.2, 0.25) is 0 Å². The molecule has 1 unspecified atom stereocenters. The standard InChI is InChI=1S/C24H25BrN4O2/c1-16-22(17(2)29(27-16)14-18-7-4-3-5-8-18)13-26-24(31)19-11-23(30)28(15-19)21-10-6-9-20(25)12-21/h3-10,12,19H,11,13-15H2,1-2H3,(H,26,31). The number of carbonyl (C=O) groups is 2. The maximum Gasteiger partial charge on any atom is 0.227 e. The van der Waals surface area contributed by atoms with E-state index in [0.717, 1.165) is 27.1 Å². The molecule has 0 radical (unpaired) electrons. The van der Waals surface area contributed by atoms with Crippen LogP contribution in [-0.2, 0) is 22.7 Å². The van der Waals surface area contributed by atoms with Crippen molar-refractivity contribution < 1.29 is 9.59 Å². The maximum atomic E-state index is 12.8. The minimum absolute atomic E-state index is 0.0266. The smallest absolute Gasteiger partial charge is 0.227 e. The topological polar surface area (TPSA) is 67.2 Å². The molecular weight excluding hydrogens is 456 g/mol. The molecule has 0 bridgehead atoms. The first-order valence-electron chi connectivity index (χ1n) is 10.3. The molecule has 0 saturated carbocycles. The van der Waals surface area contributed by atoms with E-state index >= 15 is 0 Å². The predicted octanol–water partition coefficient (Wildman–Crippen LogP) is 3.98. The van der Waals surface area contributed by atoms with E-state index in [9.17, 15) is 9.59 Å². The fraction of sp³-hybridized carbons (Fsp3) is 0.292. The van der Waals surface area contributed by atoms with Gasteiger partial charge in [0, 0.05) is 40.9 Å². The summed E-state index contributed by atoms with van der Waals surface area (Å²) < 4.78 is 2.88. The first kappa shape index (κ1) is 21.3. The van der Waals surface area contributed by atoms with Gasteiger partial charge in [-0.2, -0.15) is 5.10 Å². The number of nitrogens with zero attached hydrogens (tertiary/aromatic N) is 3. The van der Waals surface area contributed by atoms with Crippen molar-refractivity contribution in [3.63, 3.8) is 0 Å². The minimum atomic E-state index is -0.355. The summed E-state index contributed by atoms with van der Waals surface area (Å²) in [5.41, 5.74) is 4.97. The first-order chi connectivity index (χ1) is 14.9. The van der Waals surface area contributed by atoms with Crippen molar-refractivity contribution in [1.82, 2.24) is 15.1 Å². The van der Waals surface area contributed by atoms with Crippen molar-refractivity contribution in [1.29, 1.82) is 0 Å². The molecule has 1 aliphatic rings. The van der Waals surface area contributed by atoms with Crippen LogP contribution in [-0.4, -0.2) is 28.1 Å². The van der Waals surface area contributed by atoms with Gasteiger partial charge in [-0.25, -0.2) is 0 Å². The van der Waals surface area contributed by atoms with E-state index in [2.05, 4.69) is 38.5 Å². The number of aromatic nitrogens is 2. The highest BCUT2D eigenvalue weighted by Crippen LogP contribution is 2.27. The Morgan fingerprint density at radius 2 is 1.94 bits per heavy atom. The molecule has 2 amide bonds. The highest BCUT2D eigenvalue weighted by Gasteiger charge is 2.35. The lowest BCUT2D eigenvalue weighted by Gasteiger charge is -2.17. The van der Waals surface area contributed by atoms with Crippen LogP contribution in [0.3, 0.4) is 0 Å². The van der Waals surface area contributed by atoms with E-state index in [-0.39, 0.29) is 24.2 Å². The summed E-state index contributed by atoms with van der Waals surface area (Å²) in [5.74, 6) is -0.479. The molecule has 31 heavy (non-hydrogen) atoms. The predicted molar refractivity (Wildman–Crippen MR) is 124 cm³/mol. The number of amides is 2. The third-order valence-electron chi connectivity index (χ3n) is 5.76. The van der Waals surface area contributed by atoms with Gasteiger partial charge in [0.05, 0.1) is 18.2 Å². The molecule has 1 aliphatic heterocycles. The SMILES string of the molecule is Cc1nn(Cc2ccccc2)c(C)c1CNC(=O)C1CC(=O)N(c2cccc(Br)c2)C1. The molecule has 3 aromatic rings. The van der Waals surface area contributed by atoms with Crippen LogP contribution in [0.4, 0.5) is 5.69 Å². The summed E-state index contributed by atoms with van der Waals surface area (Å²) in [5, 5.41) is 7.67. The minimum Gasteiger partial charge on any atom is -0.352 e. The van der Waals surface area contributed by atoms with Crippen molar-refractivity contribution in [3.8, 4) is 0 Å². The van der Waals surface area contributed by atoms with Crippen LogP contribution >= 0.6 is 15.9 Å². The van der Waals surface area contributed by atoms with Crippen molar-refractivity contribution in [2.24, 2.45) is 5.92 Å². The average Bonchev–Trinajstić information content (AvgIpc) is 3.27. The number of hydrogen-bond donors (Lipinski definition) is 1. The second-order valence-electron chi connectivity index (χ2n) is 7.90. The Hall–Kier alpha value is -2.93. The molecule has 1 fully saturated rings. The normalized spacial score (nSPS) is 16.0. The molecule has 2 heterocycles. The molecule has 2 aromatic carbocycles. The number of benzene rings is 2. The quantitative estimate of drug-likeness (QED) is 0.579. The van der Waals surface area contributed by atoms with Gasteiger partial charge in [0.2, 0.25) is 11.8 Å². The Labute approximate surface area is 190 Å². The van der Waals surface area contributed by atoms with Gasteiger partial charge in [-0.1, -0.05) is 52.3 Å². The van der Waals surface area contributed by atoms with Gasteiger partial charge < -0.3 is 10.2 Å². The van der Waals surface area contributed by atoms with Gasteiger partial charge in [-0.3, -0.25) is 14.3 Å². The molecule has 0 spiro atoms. The summed E-state index contributed by atoms with van der Waals surface area (Å²) in [4.78, 5) is 27.0. The molecule has 1 aromatic heterocycles. The van der Waals surface area contributed by atoms with E-state index in [1.165, 1.54) is 5.56 Å². The van der Waals surface area contributed by atoms with Gasteiger partial charge in [0.15, 0.2) is 0 Å². The van der Waals surface area contributed by atoms with Gasteiger partial charge in [-0.05, 0) is 37.6 Å². The Balaban J connectivity index is 1.39. The highest BCUT2D eigenvalue weighted by molar-refractivity contribution is 9.10. The fourth-order valence-electron chi connectivity index (χ4n) is 4.00. The Bertz CT molecular complexity index is 1110. The Kier molecular flexibility index (Phi) is 6.23. The zero-order valence-electron chi connectivity index (χ0n) is 17.6. The summed E-state index contributed by atoms with van der Waals surface area (Å²) in [6.45, 7) is 5.49. The zero-order valence-corrected chi connectivity index (χ0v) is 19.2. The molecule has 1 saturated heterocycles. The first-order valence-corrected chi connectivity index (χ1v) is 11.1. The van der Waals surface area contributed by atoms with E-state index in [1.807, 2.05) is 61.0 Å². The second-order valence-corrected chi connectivity index (χ2v) is 8.81. The molecule has 1 atom stereocenters. The molecular formula is C24H25BrN4O2. The van der Waals surface area contributed by atoms with Crippen LogP contribution < -0.4 is 10.2 Å². The molecule has 6 nitrogen and oxygen atoms in total. The van der Waals surface area contributed by atoms with Crippen molar-refractivity contribution in [3.05, 3.63) is 81.6 Å². The van der Waals surface area contributed by atoms with Crippen LogP contribution in [0.25, 0.3) is 0 Å². The number of carbonyl (C=O) groups excluding carboxylic acids is 2. The monoisotopic (exact) mass is 480 g/mol. The number of hydrogen-bond acceptors (Lipinski definition) is 3. The Morgan fingerprint density at radius 1 is 1.16 bits per heavy atom. The summed E-state index contributed by atoms with van der Waals surface area (Å²) in [6.07, 6.45) is 0.226. The summed E-state index contributed by atoms with van der Waals surface area (Å²) >= 11 is 3.44. The maximum absolute atomic E-state index is 12.8. The van der Waals surface area contributed by atoms with Gasteiger partial charge in [-0.15, -0.1) is 0 Å². The summed E-state index contributed by atoms with van der Waals surface area (Å²) in [7, 11) is 0. The van der Waals surface area contributed by atoms with Crippen molar-refractivity contribution in [2.45, 2.75) is 33.4 Å². The van der Waals surface area contributed by atoms with Crippen molar-refractivity contribution in [2.75, 3.05) is 11.4 Å². The molecule has 7 heteroatoms. The van der Waals surface area contributed by atoms with E-state index in [1.54, 1.807) is 4.90 Å². The van der Waals surface area contributed by atoms with E-state index < -0.39 is 0 Å². The Morgan fingerprint density at radius 3 is 2.68 bits per heavy atom. The molecule has 4 rings (SSSR count). The van der Waals surface area contributed by atoms with E-state index in [0.29, 0.717) is 19.6 Å². The lowest BCUT2D eigenvalue weighted by molar-refractivity contribution is -0.126. The van der Waals surface area contributed by atoms with Crippen LogP contribution in [0.15, 0.2) is 59.1 Å². The molecule has 1 N–H and O–H groups in total. The highest BCUT2D eigenvalue weighted by atomic mass is 79.9. The molecule has 160 valence electrons. The number of halogens is 1. The lowest BCUT2D eigenvalue weighted by atomic mass is 10.1. The lowest BCUT2D eigenvalue weighted by Crippen LogP contribution is -2.32. The van der Waals surface area contributed by atoms with Gasteiger partial charge in [0.25, 0.3) is 0 Å². The number of rotatable bonds is 6. The summed E-state index contributed by atoms with van der Waals surface area (Å²) in [6, 6.07) is 17.8. The van der Waals surface area contributed by atoms with Gasteiger partial charge >= 0.3 is 0 Å². The van der Waals surface area contributed by atoms with E-state index in [4.69, 9.17) is 0 Å². The number of nitrogens with one attached hydrogen (secondary N) is 1. The fourth-order valence-corrected chi connectivity index (χ4v) is 4.38. The van der Waals surface area contributed by atoms with Crippen LogP contribution in [0.1, 0.15) is 28.9 Å². The third kappa shape index (κ3) is 4.71. The van der Waals surface area contributed by atoms with Crippen LogP contribution in [0.5, 0.6) is 0 Å². The zero-order chi connectivity index (χ0) is 22.0. The van der Waals surface area contributed by atoms with Crippen molar-refractivity contribution >= 4 is 33.4 Å². The largest absolute Gasteiger partial charge is 0.352 e. The average molecular weight is 481 g/mol. The second kappa shape index (κ2) is 9.06. The number of aryl methyl sites for hydroxylation is 1. The third-order valence-corrected chi connectivity index (χ3v) is 6.25. The van der Waals surface area contributed by atoms with Gasteiger partial charge in [0.1, 0.15) is 0 Å².